The number of oxazole rings is 1. The minimum absolute atomic E-state index is 0.178. The van der Waals surface area contributed by atoms with Crippen molar-refractivity contribution in [3.63, 3.8) is 0 Å². The lowest BCUT2D eigenvalue weighted by Gasteiger charge is -2.16. The third-order valence-electron chi connectivity index (χ3n) is 4.24. The van der Waals surface area contributed by atoms with Gasteiger partial charge in [0.1, 0.15) is 5.76 Å². The van der Waals surface area contributed by atoms with Gasteiger partial charge in [-0.05, 0) is 37.6 Å². The molecule has 142 valence electrons. The van der Waals surface area contributed by atoms with Gasteiger partial charge in [0.2, 0.25) is 11.8 Å². The van der Waals surface area contributed by atoms with Crippen LogP contribution in [0, 0.1) is 6.92 Å². The van der Waals surface area contributed by atoms with Crippen LogP contribution < -0.4 is 0 Å². The van der Waals surface area contributed by atoms with E-state index < -0.39 is 0 Å². The van der Waals surface area contributed by atoms with Crippen LogP contribution in [0.4, 0.5) is 0 Å². The quantitative estimate of drug-likeness (QED) is 0.445. The summed E-state index contributed by atoms with van der Waals surface area (Å²) in [6, 6.07) is 7.73. The SMILES string of the molecule is CCCCCCN(C)C(=O)CSCc1nc(-c2ccc(S)cc2)oc1C. The molecule has 2 rings (SSSR count). The molecule has 4 nitrogen and oxygen atoms in total. The van der Waals surface area contributed by atoms with E-state index in [4.69, 9.17) is 4.42 Å². The number of unbranched alkanes of at least 4 members (excludes halogenated alkanes) is 3. The second-order valence-electron chi connectivity index (χ2n) is 6.44. The summed E-state index contributed by atoms with van der Waals surface area (Å²) in [4.78, 5) is 19.5. The van der Waals surface area contributed by atoms with Gasteiger partial charge in [0.05, 0.1) is 11.4 Å². The Hall–Kier alpha value is -1.40. The summed E-state index contributed by atoms with van der Waals surface area (Å²) in [5.41, 5.74) is 1.84. The van der Waals surface area contributed by atoms with Crippen molar-refractivity contribution in [2.75, 3.05) is 19.3 Å². The van der Waals surface area contributed by atoms with Crippen molar-refractivity contribution in [2.24, 2.45) is 0 Å². The standard InChI is InChI=1S/C20H28N2O2S2/c1-4-5-6-7-12-22(3)19(23)14-26-13-18-15(2)24-20(21-18)16-8-10-17(25)11-9-16/h8-11,25H,4-7,12-14H2,1-3H3. The topological polar surface area (TPSA) is 46.3 Å². The number of hydrogen-bond donors (Lipinski definition) is 1. The van der Waals surface area contributed by atoms with Gasteiger partial charge in [0.25, 0.3) is 0 Å². The van der Waals surface area contributed by atoms with Crippen molar-refractivity contribution in [2.45, 2.75) is 50.2 Å². The maximum Gasteiger partial charge on any atom is 0.232 e. The number of hydrogen-bond acceptors (Lipinski definition) is 5. The van der Waals surface area contributed by atoms with Gasteiger partial charge in [-0.3, -0.25) is 4.79 Å². The Bertz CT molecular complexity index is 698. The molecular formula is C20H28N2O2S2. The Morgan fingerprint density at radius 1 is 1.23 bits per heavy atom. The molecular weight excluding hydrogens is 364 g/mol. The van der Waals surface area contributed by atoms with Gasteiger partial charge < -0.3 is 9.32 Å². The molecule has 26 heavy (non-hydrogen) atoms. The molecule has 0 unspecified atom stereocenters. The van der Waals surface area contributed by atoms with Gasteiger partial charge >= 0.3 is 0 Å². The maximum absolute atomic E-state index is 12.2. The highest BCUT2D eigenvalue weighted by Gasteiger charge is 2.13. The molecule has 0 spiro atoms. The second-order valence-corrected chi connectivity index (χ2v) is 7.94. The molecule has 0 N–H and O–H groups in total. The molecule has 0 bridgehead atoms. The van der Waals surface area contributed by atoms with Crippen LogP contribution in [-0.2, 0) is 10.5 Å². The van der Waals surface area contributed by atoms with Gasteiger partial charge in [-0.15, -0.1) is 24.4 Å². The summed E-state index contributed by atoms with van der Waals surface area (Å²) >= 11 is 5.88. The highest BCUT2D eigenvalue weighted by Crippen LogP contribution is 2.25. The van der Waals surface area contributed by atoms with E-state index in [0.29, 0.717) is 17.4 Å². The van der Waals surface area contributed by atoms with Crippen molar-refractivity contribution in [3.8, 4) is 11.5 Å². The number of thiol groups is 1. The average molecular weight is 393 g/mol. The first-order valence-corrected chi connectivity index (χ1v) is 10.7. The highest BCUT2D eigenvalue weighted by atomic mass is 32.2. The van der Waals surface area contributed by atoms with Crippen LogP contribution in [0.5, 0.6) is 0 Å². The summed E-state index contributed by atoms with van der Waals surface area (Å²) in [6.07, 6.45) is 4.72. The number of rotatable bonds is 10. The predicted octanol–water partition coefficient (Wildman–Crippen LogP) is 5.21. The van der Waals surface area contributed by atoms with Gasteiger partial charge in [-0.1, -0.05) is 26.2 Å². The fraction of sp³-hybridized carbons (Fsp3) is 0.500. The van der Waals surface area contributed by atoms with E-state index in [2.05, 4.69) is 24.5 Å². The third-order valence-corrected chi connectivity index (χ3v) is 5.47. The van der Waals surface area contributed by atoms with Crippen molar-refractivity contribution < 1.29 is 9.21 Å². The normalized spacial score (nSPS) is 10.9. The monoisotopic (exact) mass is 392 g/mol. The summed E-state index contributed by atoms with van der Waals surface area (Å²) < 4.78 is 5.78. The number of aromatic nitrogens is 1. The molecule has 0 fully saturated rings. The fourth-order valence-electron chi connectivity index (χ4n) is 2.54. The molecule has 1 amide bonds. The number of benzene rings is 1. The zero-order chi connectivity index (χ0) is 18.9. The summed E-state index contributed by atoms with van der Waals surface area (Å²) in [5.74, 6) is 2.75. The minimum atomic E-state index is 0.178. The Morgan fingerprint density at radius 2 is 1.96 bits per heavy atom. The van der Waals surface area contributed by atoms with E-state index in [1.807, 2.05) is 43.1 Å². The summed E-state index contributed by atoms with van der Waals surface area (Å²) in [6.45, 7) is 4.95. The lowest BCUT2D eigenvalue weighted by atomic mass is 10.2. The lowest BCUT2D eigenvalue weighted by Crippen LogP contribution is -2.29. The molecule has 1 aromatic carbocycles. The average Bonchev–Trinajstić information content (AvgIpc) is 3.00. The Labute approximate surface area is 166 Å². The lowest BCUT2D eigenvalue weighted by molar-refractivity contribution is -0.127. The smallest absolute Gasteiger partial charge is 0.232 e. The Balaban J connectivity index is 1.80. The van der Waals surface area contributed by atoms with Crippen molar-refractivity contribution >= 4 is 30.3 Å². The van der Waals surface area contributed by atoms with Gasteiger partial charge in [-0.25, -0.2) is 4.98 Å². The molecule has 0 saturated heterocycles. The molecule has 0 aliphatic carbocycles. The third kappa shape index (κ3) is 6.40. The van der Waals surface area contributed by atoms with E-state index in [0.717, 1.165) is 34.9 Å². The number of amides is 1. The maximum atomic E-state index is 12.2. The van der Waals surface area contributed by atoms with Crippen molar-refractivity contribution in [3.05, 3.63) is 35.7 Å². The fourth-order valence-corrected chi connectivity index (χ4v) is 3.64. The molecule has 2 aromatic rings. The number of aryl methyl sites for hydroxylation is 1. The molecule has 0 atom stereocenters. The first-order valence-electron chi connectivity index (χ1n) is 9.08. The molecule has 0 aliphatic heterocycles. The zero-order valence-electron chi connectivity index (χ0n) is 15.8. The Kier molecular flexibility index (Phi) is 8.59. The van der Waals surface area contributed by atoms with Crippen molar-refractivity contribution in [1.82, 2.24) is 9.88 Å². The molecule has 1 aromatic heterocycles. The van der Waals surface area contributed by atoms with Gasteiger partial charge in [0.15, 0.2) is 0 Å². The highest BCUT2D eigenvalue weighted by molar-refractivity contribution is 7.99. The van der Waals surface area contributed by atoms with Crippen LogP contribution >= 0.6 is 24.4 Å². The van der Waals surface area contributed by atoms with E-state index >= 15 is 0 Å². The van der Waals surface area contributed by atoms with Crippen LogP contribution in [0.25, 0.3) is 11.5 Å². The molecule has 1 heterocycles. The predicted molar refractivity (Wildman–Crippen MR) is 112 cm³/mol. The number of nitrogens with zero attached hydrogens (tertiary/aromatic N) is 2. The van der Waals surface area contributed by atoms with Gasteiger partial charge in [-0.2, -0.15) is 0 Å². The van der Waals surface area contributed by atoms with Gasteiger partial charge in [0, 0.05) is 29.8 Å². The van der Waals surface area contributed by atoms with E-state index in [-0.39, 0.29) is 5.91 Å². The van der Waals surface area contributed by atoms with E-state index in [9.17, 15) is 4.79 Å². The summed E-state index contributed by atoms with van der Waals surface area (Å²) in [7, 11) is 1.89. The van der Waals surface area contributed by atoms with Crippen molar-refractivity contribution in [1.29, 1.82) is 0 Å². The summed E-state index contributed by atoms with van der Waals surface area (Å²) in [5, 5.41) is 0. The molecule has 0 saturated carbocycles. The molecule has 6 heteroatoms. The number of carbonyl (C=O) groups is 1. The largest absolute Gasteiger partial charge is 0.441 e. The number of carbonyl (C=O) groups excluding carboxylic acids is 1. The first-order chi connectivity index (χ1) is 12.5. The molecule has 0 aliphatic rings. The van der Waals surface area contributed by atoms with Crippen LogP contribution in [0.1, 0.15) is 44.1 Å². The van der Waals surface area contributed by atoms with E-state index in [1.165, 1.54) is 19.3 Å². The minimum Gasteiger partial charge on any atom is -0.441 e. The number of thioether (sulfide) groups is 1. The van der Waals surface area contributed by atoms with Crippen LogP contribution in [0.2, 0.25) is 0 Å². The van der Waals surface area contributed by atoms with Crippen LogP contribution in [0.15, 0.2) is 33.6 Å². The van der Waals surface area contributed by atoms with Crippen LogP contribution in [0.3, 0.4) is 0 Å². The Morgan fingerprint density at radius 3 is 2.65 bits per heavy atom. The first kappa shape index (κ1) is 20.9. The van der Waals surface area contributed by atoms with Crippen LogP contribution in [-0.4, -0.2) is 35.1 Å². The second kappa shape index (κ2) is 10.7. The van der Waals surface area contributed by atoms with E-state index in [1.54, 1.807) is 11.8 Å². The zero-order valence-corrected chi connectivity index (χ0v) is 17.5. The molecule has 0 radical (unpaired) electrons.